The zero-order chi connectivity index (χ0) is 11.8. The van der Waals surface area contributed by atoms with Crippen molar-refractivity contribution < 1.29 is 9.53 Å². The van der Waals surface area contributed by atoms with E-state index in [1.807, 2.05) is 6.92 Å². The van der Waals surface area contributed by atoms with Crippen LogP contribution in [0, 0.1) is 6.92 Å². The van der Waals surface area contributed by atoms with Gasteiger partial charge in [0.05, 0.1) is 18.4 Å². The highest BCUT2D eigenvalue weighted by Crippen LogP contribution is 2.00. The molecule has 3 N–H and O–H groups in total. The van der Waals surface area contributed by atoms with E-state index >= 15 is 0 Å². The minimum atomic E-state index is -0.0974. The maximum Gasteiger partial charge on any atom is 0.254 e. The Morgan fingerprint density at radius 2 is 2.31 bits per heavy atom. The van der Waals surface area contributed by atoms with Crippen molar-refractivity contribution in [1.82, 2.24) is 20.8 Å². The Kier molecular flexibility index (Phi) is 5.52. The molecule has 6 nitrogen and oxygen atoms in total. The molecular formula is C10H18N4O2. The van der Waals surface area contributed by atoms with Crippen molar-refractivity contribution in [3.05, 3.63) is 17.5 Å². The average molecular weight is 226 g/mol. The summed E-state index contributed by atoms with van der Waals surface area (Å²) in [6.45, 7) is 4.60. The lowest BCUT2D eigenvalue weighted by molar-refractivity contribution is 0.0953. The number of rotatable bonds is 7. The van der Waals surface area contributed by atoms with Crippen LogP contribution in [0.3, 0.4) is 0 Å². The molecule has 0 bridgehead atoms. The number of aromatic amines is 1. The average Bonchev–Trinajstić information content (AvgIpc) is 2.69. The molecule has 0 spiro atoms. The first-order valence-corrected chi connectivity index (χ1v) is 5.23. The number of ether oxygens (including phenoxy) is 1. The van der Waals surface area contributed by atoms with Crippen LogP contribution in [0.2, 0.25) is 0 Å². The predicted molar refractivity (Wildman–Crippen MR) is 60.4 cm³/mol. The SMILES string of the molecule is COCCNCCNC(=O)c1cn[nH]c1C. The fraction of sp³-hybridized carbons (Fsp3) is 0.600. The predicted octanol–water partition coefficient (Wildman–Crippen LogP) is -0.316. The molecule has 1 aromatic rings. The molecule has 0 saturated carbocycles. The summed E-state index contributed by atoms with van der Waals surface area (Å²) in [6, 6.07) is 0. The van der Waals surface area contributed by atoms with Gasteiger partial charge in [0.2, 0.25) is 0 Å². The van der Waals surface area contributed by atoms with Crippen molar-refractivity contribution in [2.24, 2.45) is 0 Å². The van der Waals surface area contributed by atoms with Gasteiger partial charge in [-0.1, -0.05) is 0 Å². The summed E-state index contributed by atoms with van der Waals surface area (Å²) in [6.07, 6.45) is 1.53. The van der Waals surface area contributed by atoms with Crippen molar-refractivity contribution in [2.75, 3.05) is 33.4 Å². The number of amides is 1. The van der Waals surface area contributed by atoms with Gasteiger partial charge in [0, 0.05) is 32.4 Å². The molecule has 6 heteroatoms. The summed E-state index contributed by atoms with van der Waals surface area (Å²) in [5.74, 6) is -0.0974. The Morgan fingerprint density at radius 3 is 2.94 bits per heavy atom. The van der Waals surface area contributed by atoms with Gasteiger partial charge in [-0.05, 0) is 6.92 Å². The molecule has 0 saturated heterocycles. The second kappa shape index (κ2) is 6.97. The van der Waals surface area contributed by atoms with Gasteiger partial charge in [-0.15, -0.1) is 0 Å². The van der Waals surface area contributed by atoms with Crippen LogP contribution in [-0.2, 0) is 4.74 Å². The third-order valence-electron chi connectivity index (χ3n) is 2.14. The van der Waals surface area contributed by atoms with E-state index in [0.717, 1.165) is 18.8 Å². The number of aryl methyl sites for hydroxylation is 1. The van der Waals surface area contributed by atoms with E-state index in [2.05, 4.69) is 20.8 Å². The van der Waals surface area contributed by atoms with Crippen LogP contribution in [0.15, 0.2) is 6.20 Å². The first-order chi connectivity index (χ1) is 7.75. The quantitative estimate of drug-likeness (QED) is 0.557. The van der Waals surface area contributed by atoms with Gasteiger partial charge < -0.3 is 15.4 Å². The van der Waals surface area contributed by atoms with Crippen LogP contribution in [0.5, 0.6) is 0 Å². The van der Waals surface area contributed by atoms with Gasteiger partial charge in [0.15, 0.2) is 0 Å². The lowest BCUT2D eigenvalue weighted by Crippen LogP contribution is -2.33. The fourth-order valence-electron chi connectivity index (χ4n) is 1.24. The van der Waals surface area contributed by atoms with Crippen molar-refractivity contribution >= 4 is 5.91 Å². The van der Waals surface area contributed by atoms with Crippen molar-refractivity contribution in [3.8, 4) is 0 Å². The number of nitrogens with zero attached hydrogens (tertiary/aromatic N) is 1. The standard InChI is InChI=1S/C10H18N4O2/c1-8-9(7-13-14-8)10(15)12-4-3-11-5-6-16-2/h7,11H,3-6H2,1-2H3,(H,12,15)(H,13,14). The smallest absolute Gasteiger partial charge is 0.254 e. The number of H-pyrrole nitrogens is 1. The molecule has 0 aromatic carbocycles. The van der Waals surface area contributed by atoms with Crippen molar-refractivity contribution in [2.45, 2.75) is 6.92 Å². The molecule has 16 heavy (non-hydrogen) atoms. The molecule has 0 aliphatic rings. The summed E-state index contributed by atoms with van der Waals surface area (Å²) >= 11 is 0. The van der Waals surface area contributed by atoms with Gasteiger partial charge in [-0.2, -0.15) is 5.10 Å². The number of carbonyl (C=O) groups excluding carboxylic acids is 1. The Balaban J connectivity index is 2.14. The monoisotopic (exact) mass is 226 g/mol. The van der Waals surface area contributed by atoms with E-state index in [1.165, 1.54) is 6.20 Å². The second-order valence-electron chi connectivity index (χ2n) is 3.41. The number of hydrogen-bond donors (Lipinski definition) is 3. The highest BCUT2D eigenvalue weighted by Gasteiger charge is 2.09. The van der Waals surface area contributed by atoms with Gasteiger partial charge in [-0.25, -0.2) is 0 Å². The molecule has 1 aromatic heterocycles. The molecule has 1 rings (SSSR count). The number of aromatic nitrogens is 2. The molecule has 0 unspecified atom stereocenters. The summed E-state index contributed by atoms with van der Waals surface area (Å²) in [4.78, 5) is 11.6. The summed E-state index contributed by atoms with van der Waals surface area (Å²) < 4.78 is 4.88. The van der Waals surface area contributed by atoms with E-state index < -0.39 is 0 Å². The minimum Gasteiger partial charge on any atom is -0.383 e. The number of hydrogen-bond acceptors (Lipinski definition) is 4. The van der Waals surface area contributed by atoms with Crippen LogP contribution >= 0.6 is 0 Å². The largest absolute Gasteiger partial charge is 0.383 e. The number of carbonyl (C=O) groups is 1. The van der Waals surface area contributed by atoms with Crippen LogP contribution in [0.25, 0.3) is 0 Å². The second-order valence-corrected chi connectivity index (χ2v) is 3.41. The lowest BCUT2D eigenvalue weighted by Gasteiger charge is -2.05. The fourth-order valence-corrected chi connectivity index (χ4v) is 1.24. The van der Waals surface area contributed by atoms with Gasteiger partial charge in [0.1, 0.15) is 0 Å². The topological polar surface area (TPSA) is 79.0 Å². The normalized spacial score (nSPS) is 10.4. The Bertz CT molecular complexity index is 324. The van der Waals surface area contributed by atoms with Crippen LogP contribution < -0.4 is 10.6 Å². The third-order valence-corrected chi connectivity index (χ3v) is 2.14. The van der Waals surface area contributed by atoms with E-state index in [9.17, 15) is 4.79 Å². The first kappa shape index (κ1) is 12.7. The Labute approximate surface area is 94.8 Å². The number of nitrogens with one attached hydrogen (secondary N) is 3. The van der Waals surface area contributed by atoms with E-state index in [-0.39, 0.29) is 5.91 Å². The van der Waals surface area contributed by atoms with Crippen LogP contribution in [0.1, 0.15) is 16.1 Å². The summed E-state index contributed by atoms with van der Waals surface area (Å²) in [5, 5.41) is 12.5. The van der Waals surface area contributed by atoms with E-state index in [4.69, 9.17) is 4.74 Å². The van der Waals surface area contributed by atoms with Gasteiger partial charge in [0.25, 0.3) is 5.91 Å². The summed E-state index contributed by atoms with van der Waals surface area (Å²) in [5.41, 5.74) is 1.38. The van der Waals surface area contributed by atoms with E-state index in [1.54, 1.807) is 7.11 Å². The Morgan fingerprint density at radius 1 is 1.50 bits per heavy atom. The maximum atomic E-state index is 11.6. The summed E-state index contributed by atoms with van der Waals surface area (Å²) in [7, 11) is 1.66. The molecule has 0 fully saturated rings. The van der Waals surface area contributed by atoms with E-state index in [0.29, 0.717) is 18.7 Å². The van der Waals surface area contributed by atoms with Gasteiger partial charge in [-0.3, -0.25) is 9.89 Å². The lowest BCUT2D eigenvalue weighted by atomic mass is 10.2. The Hall–Kier alpha value is -1.40. The molecule has 1 heterocycles. The highest BCUT2D eigenvalue weighted by atomic mass is 16.5. The maximum absolute atomic E-state index is 11.6. The molecule has 0 radical (unpaired) electrons. The molecule has 0 aliphatic carbocycles. The molecular weight excluding hydrogens is 208 g/mol. The first-order valence-electron chi connectivity index (χ1n) is 5.23. The molecule has 0 atom stereocenters. The van der Waals surface area contributed by atoms with Crippen molar-refractivity contribution in [3.63, 3.8) is 0 Å². The molecule has 90 valence electrons. The highest BCUT2D eigenvalue weighted by molar-refractivity contribution is 5.94. The van der Waals surface area contributed by atoms with Crippen LogP contribution in [0.4, 0.5) is 0 Å². The van der Waals surface area contributed by atoms with Crippen LogP contribution in [-0.4, -0.2) is 49.5 Å². The minimum absolute atomic E-state index is 0.0974. The molecule has 0 aliphatic heterocycles. The van der Waals surface area contributed by atoms with Crippen molar-refractivity contribution in [1.29, 1.82) is 0 Å². The number of methoxy groups -OCH3 is 1. The zero-order valence-corrected chi connectivity index (χ0v) is 9.67. The van der Waals surface area contributed by atoms with Gasteiger partial charge >= 0.3 is 0 Å². The zero-order valence-electron chi connectivity index (χ0n) is 9.67. The third kappa shape index (κ3) is 4.00. The molecule has 1 amide bonds.